The summed E-state index contributed by atoms with van der Waals surface area (Å²) < 4.78 is 142. The zero-order valence-electron chi connectivity index (χ0n) is 43.5. The molecule has 0 radical (unpaired) electrons. The third kappa shape index (κ3) is 5.26. The molecule has 0 bridgehead atoms. The van der Waals surface area contributed by atoms with Crippen LogP contribution in [0.2, 0.25) is 0 Å². The number of nitrogens with zero attached hydrogens (tertiary/aromatic N) is 3. The van der Waals surface area contributed by atoms with Crippen LogP contribution in [0, 0.1) is 0 Å². The van der Waals surface area contributed by atoms with Crippen LogP contribution in [0.3, 0.4) is 0 Å². The van der Waals surface area contributed by atoms with Gasteiger partial charge in [0.05, 0.1) is 20.6 Å². The maximum atomic E-state index is 9.69. The molecule has 0 N–H and O–H groups in total. The fourth-order valence-electron chi connectivity index (χ4n) is 7.00. The number of hydrogen-bond acceptors (Lipinski definition) is 4. The maximum Gasteiger partial charge on any atom is 0.164 e. The zero-order valence-corrected chi connectivity index (χ0v) is 28.5. The van der Waals surface area contributed by atoms with Crippen LogP contribution >= 0.6 is 0 Å². The maximum absolute atomic E-state index is 9.69. The quantitative estimate of drug-likeness (QED) is 0.166. The number of para-hydroxylation sites is 1. The van der Waals surface area contributed by atoms with Gasteiger partial charge in [0.15, 0.2) is 17.5 Å². The van der Waals surface area contributed by atoms with Crippen LogP contribution in [0.1, 0.15) is 20.6 Å². The summed E-state index contributed by atoms with van der Waals surface area (Å²) in [7, 11) is 0. The SMILES string of the molecule is [2H]c1c([2H])c(-c2c([2H])c([2H])c3c4c([2H])c([2H])c([2H])c([2H])c4c4c([2H])c([2H])c([2H])c([2H])c4c3c2[2H])c([2H])c([2H])c1-c1nc(-c2cccc(-c3ccccc3)c2)nc(-c2cccc3oc4ccccc4c23)n1. The van der Waals surface area contributed by atoms with E-state index in [4.69, 9.17) is 30.3 Å². The van der Waals surface area contributed by atoms with E-state index >= 15 is 0 Å². The summed E-state index contributed by atoms with van der Waals surface area (Å²) in [6.45, 7) is 0. The van der Waals surface area contributed by atoms with Crippen molar-refractivity contribution in [3.63, 3.8) is 0 Å². The fourth-order valence-corrected chi connectivity index (χ4v) is 7.00. The van der Waals surface area contributed by atoms with Gasteiger partial charge in [-0.2, -0.15) is 0 Å². The summed E-state index contributed by atoms with van der Waals surface area (Å²) in [5.41, 5.74) is 2.48. The van der Waals surface area contributed by atoms with Crippen molar-refractivity contribution in [1.29, 1.82) is 0 Å². The molecule has 11 rings (SSSR count). The van der Waals surface area contributed by atoms with E-state index in [9.17, 15) is 9.60 Å². The molecule has 256 valence electrons. The first-order valence-electron chi connectivity index (χ1n) is 24.8. The molecule has 0 atom stereocenters. The van der Waals surface area contributed by atoms with Crippen LogP contribution in [0.4, 0.5) is 0 Å². The van der Waals surface area contributed by atoms with E-state index in [0.29, 0.717) is 27.7 Å². The minimum Gasteiger partial charge on any atom is -0.456 e. The summed E-state index contributed by atoms with van der Waals surface area (Å²) in [6, 6.07) is 19.2. The highest BCUT2D eigenvalue weighted by atomic mass is 16.3. The highest BCUT2D eigenvalue weighted by molar-refractivity contribution is 6.25. The van der Waals surface area contributed by atoms with Crippen LogP contribution in [0.15, 0.2) is 192 Å². The Morgan fingerprint density at radius 1 is 0.364 bits per heavy atom. The molecule has 0 aliphatic heterocycles. The van der Waals surface area contributed by atoms with Crippen molar-refractivity contribution in [2.24, 2.45) is 0 Å². The summed E-state index contributed by atoms with van der Waals surface area (Å²) in [6.07, 6.45) is 0. The molecule has 9 aromatic carbocycles. The Hall–Kier alpha value is -7.43. The largest absolute Gasteiger partial charge is 0.456 e. The first kappa shape index (κ1) is 19.6. The van der Waals surface area contributed by atoms with E-state index < -0.39 is 107 Å². The van der Waals surface area contributed by atoms with Crippen molar-refractivity contribution in [2.45, 2.75) is 0 Å². The van der Waals surface area contributed by atoms with E-state index in [2.05, 4.69) is 0 Å². The second-order valence-corrected chi connectivity index (χ2v) is 12.8. The molecule has 2 aromatic heterocycles. The number of hydrogen-bond donors (Lipinski definition) is 0. The predicted octanol–water partition coefficient (Wildman–Crippen LogP) is 13.6. The Morgan fingerprint density at radius 2 is 0.909 bits per heavy atom. The summed E-state index contributed by atoms with van der Waals surface area (Å²) in [5, 5.41) is -0.767. The van der Waals surface area contributed by atoms with Crippen molar-refractivity contribution in [2.75, 3.05) is 0 Å². The number of benzene rings is 9. The Morgan fingerprint density at radius 3 is 1.67 bits per heavy atom. The Bertz CT molecular complexity index is 4070. The van der Waals surface area contributed by atoms with Crippen molar-refractivity contribution in [1.82, 2.24) is 15.0 Å². The molecule has 0 fully saturated rings. The summed E-state index contributed by atoms with van der Waals surface area (Å²) in [4.78, 5) is 14.6. The monoisotopic (exact) mass is 716 g/mol. The lowest BCUT2D eigenvalue weighted by molar-refractivity contribution is 0.669. The second kappa shape index (κ2) is 12.6. The average molecular weight is 717 g/mol. The Kier molecular flexibility index (Phi) is 4.49. The smallest absolute Gasteiger partial charge is 0.164 e. The third-order valence-electron chi connectivity index (χ3n) is 9.54. The van der Waals surface area contributed by atoms with Gasteiger partial charge in [-0.05, 0) is 78.8 Å². The highest BCUT2D eigenvalue weighted by Crippen LogP contribution is 2.39. The molecule has 2 heterocycles. The molecule has 4 heteroatoms. The molecule has 4 nitrogen and oxygen atoms in total. The molecule has 11 aromatic rings. The van der Waals surface area contributed by atoms with Gasteiger partial charge in [-0.15, -0.1) is 0 Å². The van der Waals surface area contributed by atoms with Gasteiger partial charge in [0.1, 0.15) is 11.2 Å². The Labute approximate surface area is 338 Å². The normalized spacial score (nSPS) is 15.5. The lowest BCUT2D eigenvalue weighted by atomic mass is 9.92. The molecule has 0 spiro atoms. The minimum absolute atomic E-state index is 0.125. The van der Waals surface area contributed by atoms with Crippen LogP contribution in [0.25, 0.3) is 111 Å². The van der Waals surface area contributed by atoms with Crippen molar-refractivity contribution < 1.29 is 25.0 Å². The average Bonchev–Trinajstić information content (AvgIpc) is 3.76. The first-order valence-corrected chi connectivity index (χ1v) is 17.3. The van der Waals surface area contributed by atoms with Gasteiger partial charge in [-0.25, -0.2) is 15.0 Å². The van der Waals surface area contributed by atoms with Gasteiger partial charge >= 0.3 is 0 Å². The van der Waals surface area contributed by atoms with Gasteiger partial charge < -0.3 is 4.42 Å². The third-order valence-corrected chi connectivity index (χ3v) is 9.54. The molecule has 0 aliphatic rings. The van der Waals surface area contributed by atoms with Gasteiger partial charge in [-0.3, -0.25) is 0 Å². The number of aromatic nitrogens is 3. The topological polar surface area (TPSA) is 51.8 Å². The predicted molar refractivity (Wildman–Crippen MR) is 227 cm³/mol. The van der Waals surface area contributed by atoms with Gasteiger partial charge in [0.2, 0.25) is 0 Å². The molecular weight excluding hydrogens is 671 g/mol. The van der Waals surface area contributed by atoms with Crippen LogP contribution < -0.4 is 0 Å². The van der Waals surface area contributed by atoms with Crippen molar-refractivity contribution in [3.8, 4) is 56.4 Å². The van der Waals surface area contributed by atoms with E-state index in [0.717, 1.165) is 16.5 Å². The van der Waals surface area contributed by atoms with Crippen molar-refractivity contribution >= 4 is 54.3 Å². The molecular formula is C51H31N3O. The highest BCUT2D eigenvalue weighted by Gasteiger charge is 2.18. The van der Waals surface area contributed by atoms with Gasteiger partial charge in [-0.1, -0.05) is 163 Å². The first-order chi connectivity index (χ1) is 33.5. The van der Waals surface area contributed by atoms with Gasteiger partial charge in [0, 0.05) is 27.5 Å². The zero-order chi connectivity index (χ0) is 49.3. The summed E-state index contributed by atoms with van der Waals surface area (Å²) in [5.74, 6) is 0.0264. The molecule has 0 amide bonds. The molecule has 0 aliphatic carbocycles. The van der Waals surface area contributed by atoms with E-state index in [1.165, 1.54) is 0 Å². The number of fused-ring (bicyclic) bond motifs is 9. The number of furan rings is 1. The Balaban J connectivity index is 1.21. The molecule has 0 saturated heterocycles. The number of rotatable bonds is 5. The molecule has 0 saturated carbocycles. The van der Waals surface area contributed by atoms with E-state index in [-0.39, 0.29) is 50.0 Å². The lowest BCUT2D eigenvalue weighted by Gasteiger charge is -2.12. The van der Waals surface area contributed by atoms with Gasteiger partial charge in [0.25, 0.3) is 0 Å². The minimum atomic E-state index is -0.789. The van der Waals surface area contributed by atoms with E-state index in [1.54, 1.807) is 18.2 Å². The fraction of sp³-hybridized carbons (Fsp3) is 0. The standard InChI is InChI=1S/C51H31N3O/c1-2-12-32(13-3-1)35-14-10-15-37(30-35)50-52-49(53-51(54-50)44-21-11-23-47-48(44)43-20-8-9-22-46(43)55-47)34-26-24-33(25-27-34)36-28-29-42-40-18-5-4-16-38(40)39-17-6-7-19-41(39)45(42)31-36/h1-31H/i4D,5D,6D,7D,16D,17D,18D,19D,24D,25D,26D,27D,28D,29D,31D. The van der Waals surface area contributed by atoms with Crippen LogP contribution in [-0.2, 0) is 0 Å². The van der Waals surface area contributed by atoms with Crippen LogP contribution in [-0.4, -0.2) is 15.0 Å². The van der Waals surface area contributed by atoms with Crippen molar-refractivity contribution in [3.05, 3.63) is 188 Å². The van der Waals surface area contributed by atoms with E-state index in [1.807, 2.05) is 78.9 Å². The molecule has 0 unspecified atom stereocenters. The summed E-state index contributed by atoms with van der Waals surface area (Å²) >= 11 is 0. The molecule has 55 heavy (non-hydrogen) atoms. The lowest BCUT2D eigenvalue weighted by Crippen LogP contribution is -2.00. The van der Waals surface area contributed by atoms with Crippen LogP contribution in [0.5, 0.6) is 0 Å². The second-order valence-electron chi connectivity index (χ2n) is 12.8.